The van der Waals surface area contributed by atoms with Crippen LogP contribution in [0.15, 0.2) is 24.3 Å². The third kappa shape index (κ3) is 3.02. The van der Waals surface area contributed by atoms with E-state index in [4.69, 9.17) is 5.10 Å². The van der Waals surface area contributed by atoms with E-state index in [1.165, 1.54) is 16.6 Å². The second-order valence-corrected chi connectivity index (χ2v) is 7.01. The van der Waals surface area contributed by atoms with Crippen molar-refractivity contribution in [2.24, 2.45) is 11.8 Å². The summed E-state index contributed by atoms with van der Waals surface area (Å²) in [7, 11) is 0. The third-order valence-corrected chi connectivity index (χ3v) is 4.59. The molecule has 2 unspecified atom stereocenters. The lowest BCUT2D eigenvalue weighted by Crippen LogP contribution is -2.20. The van der Waals surface area contributed by atoms with E-state index in [1.807, 2.05) is 0 Å². The molecule has 0 spiro atoms. The summed E-state index contributed by atoms with van der Waals surface area (Å²) >= 11 is 3.75. The molecule has 104 valence electrons. The fourth-order valence-corrected chi connectivity index (χ4v) is 3.54. The molecule has 0 aliphatic heterocycles. The number of hydrogen-bond acceptors (Lipinski definition) is 1. The van der Waals surface area contributed by atoms with Crippen molar-refractivity contribution in [3.8, 4) is 0 Å². The van der Waals surface area contributed by atoms with Crippen LogP contribution in [0.4, 0.5) is 0 Å². The summed E-state index contributed by atoms with van der Waals surface area (Å²) < 4.78 is 2.11. The normalized spacial score (nSPS) is 15.1. The van der Waals surface area contributed by atoms with E-state index < -0.39 is 0 Å². The van der Waals surface area contributed by atoms with E-state index in [0.717, 1.165) is 13.0 Å². The van der Waals surface area contributed by atoms with Crippen LogP contribution in [0.1, 0.15) is 33.4 Å². The lowest BCUT2D eigenvalue weighted by molar-refractivity contribution is 0.380. The van der Waals surface area contributed by atoms with Crippen molar-refractivity contribution in [1.82, 2.24) is 9.78 Å². The third-order valence-electron chi connectivity index (χ3n) is 3.91. The lowest BCUT2D eigenvalue weighted by atomic mass is 9.88. The Kier molecular flexibility index (Phi) is 4.67. The average molecular weight is 323 g/mol. The Labute approximate surface area is 124 Å². The predicted molar refractivity (Wildman–Crippen MR) is 85.8 cm³/mol. The van der Waals surface area contributed by atoms with Crippen LogP contribution in [0.3, 0.4) is 0 Å². The molecule has 2 nitrogen and oxygen atoms in total. The van der Waals surface area contributed by atoms with E-state index in [1.54, 1.807) is 0 Å². The van der Waals surface area contributed by atoms with Crippen molar-refractivity contribution >= 4 is 26.8 Å². The Bertz CT molecular complexity index is 535. The van der Waals surface area contributed by atoms with Gasteiger partial charge < -0.3 is 0 Å². The maximum Gasteiger partial charge on any atom is 0.0706 e. The molecule has 2 atom stereocenters. The number of benzene rings is 1. The fourth-order valence-electron chi connectivity index (χ4n) is 2.74. The summed E-state index contributed by atoms with van der Waals surface area (Å²) in [5.74, 6) is 1.27. The Balaban J connectivity index is 2.40. The minimum absolute atomic E-state index is 0.512. The summed E-state index contributed by atoms with van der Waals surface area (Å²) in [6, 6.07) is 8.56. The highest BCUT2D eigenvalue weighted by Crippen LogP contribution is 2.28. The monoisotopic (exact) mass is 322 g/mol. The van der Waals surface area contributed by atoms with Crippen LogP contribution >= 0.6 is 15.9 Å². The van der Waals surface area contributed by atoms with Crippen LogP contribution in [-0.2, 0) is 13.0 Å². The molecule has 0 fully saturated rings. The van der Waals surface area contributed by atoms with Crippen LogP contribution in [0, 0.1) is 11.8 Å². The molecule has 3 heteroatoms. The minimum Gasteiger partial charge on any atom is -0.265 e. The second-order valence-electron chi connectivity index (χ2n) is 5.57. The average Bonchev–Trinajstić information content (AvgIpc) is 2.73. The van der Waals surface area contributed by atoms with Gasteiger partial charge in [0.25, 0.3) is 0 Å². The van der Waals surface area contributed by atoms with Gasteiger partial charge >= 0.3 is 0 Å². The van der Waals surface area contributed by atoms with Crippen LogP contribution in [0.5, 0.6) is 0 Å². The Hall–Kier alpha value is -0.830. The van der Waals surface area contributed by atoms with Crippen molar-refractivity contribution in [2.45, 2.75) is 45.5 Å². The molecule has 1 aromatic heterocycles. The number of fused-ring (bicyclic) bond motifs is 1. The number of alkyl halides is 1. The van der Waals surface area contributed by atoms with Crippen molar-refractivity contribution in [2.75, 3.05) is 0 Å². The van der Waals surface area contributed by atoms with Gasteiger partial charge in [0, 0.05) is 16.8 Å². The van der Waals surface area contributed by atoms with Gasteiger partial charge in [-0.25, -0.2) is 0 Å². The predicted octanol–water partition coefficient (Wildman–Crippen LogP) is 4.65. The fraction of sp³-hybridized carbons (Fsp3) is 0.562. The molecule has 1 aromatic carbocycles. The largest absolute Gasteiger partial charge is 0.265 e. The lowest BCUT2D eigenvalue weighted by Gasteiger charge is -2.22. The summed E-state index contributed by atoms with van der Waals surface area (Å²) in [6.45, 7) is 9.90. The van der Waals surface area contributed by atoms with Crippen molar-refractivity contribution in [1.29, 1.82) is 0 Å². The Morgan fingerprint density at radius 1 is 1.21 bits per heavy atom. The van der Waals surface area contributed by atoms with E-state index in [-0.39, 0.29) is 0 Å². The van der Waals surface area contributed by atoms with E-state index in [0.29, 0.717) is 16.7 Å². The number of nitrogens with zero attached hydrogens (tertiary/aromatic N) is 2. The first-order valence-electron chi connectivity index (χ1n) is 7.13. The highest BCUT2D eigenvalue weighted by atomic mass is 79.9. The van der Waals surface area contributed by atoms with Crippen molar-refractivity contribution < 1.29 is 0 Å². The first-order valence-corrected chi connectivity index (χ1v) is 8.04. The summed E-state index contributed by atoms with van der Waals surface area (Å²) in [6.07, 6.45) is 1.04. The second kappa shape index (κ2) is 6.08. The number of hydrogen-bond donors (Lipinski definition) is 0. The van der Waals surface area contributed by atoms with Gasteiger partial charge in [-0.2, -0.15) is 5.10 Å². The molecule has 0 saturated carbocycles. The standard InChI is InChI=1S/C16H23BrN2/c1-5-19-16-9-7-6-8-13(16)15(18-19)10-14(11(2)3)12(4)17/h6-9,11-12,14H,5,10H2,1-4H3. The van der Waals surface area contributed by atoms with Gasteiger partial charge in [-0.05, 0) is 31.2 Å². The molecule has 2 aromatic rings. The maximum absolute atomic E-state index is 4.81. The highest BCUT2D eigenvalue weighted by molar-refractivity contribution is 9.09. The van der Waals surface area contributed by atoms with Gasteiger partial charge in [0.2, 0.25) is 0 Å². The van der Waals surface area contributed by atoms with Gasteiger partial charge in [-0.15, -0.1) is 0 Å². The van der Waals surface area contributed by atoms with Crippen molar-refractivity contribution in [3.63, 3.8) is 0 Å². The Morgan fingerprint density at radius 2 is 1.89 bits per heavy atom. The highest BCUT2D eigenvalue weighted by Gasteiger charge is 2.22. The van der Waals surface area contributed by atoms with E-state index in [9.17, 15) is 0 Å². The van der Waals surface area contributed by atoms with Crippen LogP contribution < -0.4 is 0 Å². The van der Waals surface area contributed by atoms with Gasteiger partial charge in [0.1, 0.15) is 0 Å². The smallest absolute Gasteiger partial charge is 0.0706 e. The van der Waals surface area contributed by atoms with E-state index >= 15 is 0 Å². The van der Waals surface area contributed by atoms with Gasteiger partial charge in [0.15, 0.2) is 0 Å². The SMILES string of the molecule is CCn1nc(CC(C(C)C)C(C)Br)c2ccccc21. The van der Waals surface area contributed by atoms with Crippen LogP contribution in [0.2, 0.25) is 0 Å². The minimum atomic E-state index is 0.512. The van der Waals surface area contributed by atoms with Crippen LogP contribution in [-0.4, -0.2) is 14.6 Å². The molecule has 0 amide bonds. The van der Waals surface area contributed by atoms with Gasteiger partial charge in [0.05, 0.1) is 11.2 Å². The Morgan fingerprint density at radius 3 is 2.47 bits per heavy atom. The number of para-hydroxylation sites is 1. The molecule has 0 aliphatic carbocycles. The molecule has 0 saturated heterocycles. The van der Waals surface area contributed by atoms with Crippen molar-refractivity contribution in [3.05, 3.63) is 30.0 Å². The summed E-state index contributed by atoms with van der Waals surface area (Å²) in [4.78, 5) is 0.512. The molecular formula is C16H23BrN2. The van der Waals surface area contributed by atoms with Gasteiger partial charge in [-0.1, -0.05) is 54.9 Å². The number of rotatable bonds is 5. The maximum atomic E-state index is 4.81. The molecule has 2 rings (SSSR count). The zero-order chi connectivity index (χ0) is 14.0. The number of aryl methyl sites for hydroxylation is 1. The molecule has 0 radical (unpaired) electrons. The zero-order valence-electron chi connectivity index (χ0n) is 12.2. The molecule has 19 heavy (non-hydrogen) atoms. The topological polar surface area (TPSA) is 17.8 Å². The molecule has 0 N–H and O–H groups in total. The quantitative estimate of drug-likeness (QED) is 0.732. The zero-order valence-corrected chi connectivity index (χ0v) is 13.8. The number of aromatic nitrogens is 2. The first-order chi connectivity index (χ1) is 9.04. The number of halogens is 1. The van der Waals surface area contributed by atoms with Crippen LogP contribution in [0.25, 0.3) is 10.9 Å². The van der Waals surface area contributed by atoms with Gasteiger partial charge in [-0.3, -0.25) is 4.68 Å². The first kappa shape index (κ1) is 14.6. The molecule has 0 bridgehead atoms. The molecule has 0 aliphatic rings. The summed E-state index contributed by atoms with van der Waals surface area (Å²) in [5.41, 5.74) is 2.49. The summed E-state index contributed by atoms with van der Waals surface area (Å²) in [5, 5.41) is 6.12. The van der Waals surface area contributed by atoms with E-state index in [2.05, 4.69) is 72.6 Å². The molecule has 1 heterocycles. The molecular weight excluding hydrogens is 300 g/mol.